The lowest BCUT2D eigenvalue weighted by molar-refractivity contribution is -0.384. The largest absolute Gasteiger partial charge is 0.323 e. The second kappa shape index (κ2) is 7.02. The van der Waals surface area contributed by atoms with E-state index in [1.807, 2.05) is 0 Å². The molecule has 24 heavy (non-hydrogen) atoms. The Morgan fingerprint density at radius 2 is 1.83 bits per heavy atom. The normalized spacial score (nSPS) is 11.4. The zero-order chi connectivity index (χ0) is 17.7. The fraction of sp³-hybridized carbons (Fsp3) is 0. The van der Waals surface area contributed by atoms with Gasteiger partial charge in [-0.2, -0.15) is 0 Å². The van der Waals surface area contributed by atoms with Crippen LogP contribution in [0.1, 0.15) is 5.56 Å². The number of sulfonamides is 1. The van der Waals surface area contributed by atoms with Gasteiger partial charge in [0.15, 0.2) is 0 Å². The molecule has 0 radical (unpaired) electrons. The number of hydrogen-bond acceptors (Lipinski definition) is 5. The van der Waals surface area contributed by atoms with Crippen LogP contribution >= 0.6 is 0 Å². The number of benzene rings is 2. The Morgan fingerprint density at radius 3 is 2.42 bits per heavy atom. The van der Waals surface area contributed by atoms with Crippen LogP contribution in [-0.4, -0.2) is 19.2 Å². The standard InChI is InChI=1S/C15H13N3O5S/c16-24(22,23)14-7-5-12(6-8-14)17-15(19)9-4-11-2-1-3-13(10-11)18(20)21/h1-10H,(H,17,19)(H2,16,22,23)/b9-4+. The molecular weight excluding hydrogens is 334 g/mol. The Balaban J connectivity index is 2.05. The number of rotatable bonds is 5. The van der Waals surface area contributed by atoms with Crippen molar-refractivity contribution in [1.29, 1.82) is 0 Å². The van der Waals surface area contributed by atoms with Gasteiger partial charge in [-0.25, -0.2) is 13.6 Å². The topological polar surface area (TPSA) is 132 Å². The number of non-ortho nitro benzene ring substituents is 1. The third kappa shape index (κ3) is 4.73. The minimum atomic E-state index is -3.79. The van der Waals surface area contributed by atoms with Crippen molar-refractivity contribution in [2.24, 2.45) is 5.14 Å². The van der Waals surface area contributed by atoms with Gasteiger partial charge in [0.25, 0.3) is 5.69 Å². The summed E-state index contributed by atoms with van der Waals surface area (Å²) in [6.07, 6.45) is 2.65. The number of nitrogens with one attached hydrogen (secondary N) is 1. The number of anilines is 1. The smallest absolute Gasteiger partial charge is 0.270 e. The van der Waals surface area contributed by atoms with Crippen LogP contribution in [-0.2, 0) is 14.8 Å². The first-order valence-corrected chi connectivity index (χ1v) is 8.17. The van der Waals surface area contributed by atoms with Crippen LogP contribution < -0.4 is 10.5 Å². The van der Waals surface area contributed by atoms with Crippen molar-refractivity contribution in [3.8, 4) is 0 Å². The third-order valence-electron chi connectivity index (χ3n) is 2.96. The van der Waals surface area contributed by atoms with Gasteiger partial charge in [0.05, 0.1) is 9.82 Å². The van der Waals surface area contributed by atoms with Crippen molar-refractivity contribution in [3.05, 3.63) is 70.3 Å². The van der Waals surface area contributed by atoms with Gasteiger partial charge in [-0.3, -0.25) is 14.9 Å². The number of amides is 1. The molecule has 0 aliphatic rings. The predicted octanol–water partition coefficient (Wildman–Crippen LogP) is 1.89. The Labute approximate surface area is 137 Å². The molecule has 0 aliphatic heterocycles. The second-order valence-electron chi connectivity index (χ2n) is 4.74. The van der Waals surface area contributed by atoms with E-state index in [1.54, 1.807) is 6.07 Å². The highest BCUT2D eigenvalue weighted by molar-refractivity contribution is 7.89. The fourth-order valence-corrected chi connectivity index (χ4v) is 2.34. The summed E-state index contributed by atoms with van der Waals surface area (Å²) in [6.45, 7) is 0. The SMILES string of the molecule is NS(=O)(=O)c1ccc(NC(=O)/C=C/c2cccc([N+](=O)[O-])c2)cc1. The molecular formula is C15H13N3O5S. The number of hydrogen-bond donors (Lipinski definition) is 2. The summed E-state index contributed by atoms with van der Waals surface area (Å²) in [5, 5.41) is 18.2. The maximum atomic E-state index is 11.8. The molecule has 1 amide bonds. The van der Waals surface area contributed by atoms with Crippen LogP contribution in [0.2, 0.25) is 0 Å². The third-order valence-corrected chi connectivity index (χ3v) is 3.89. The zero-order valence-electron chi connectivity index (χ0n) is 12.2. The average Bonchev–Trinajstić information content (AvgIpc) is 2.53. The molecule has 0 bridgehead atoms. The number of carbonyl (C=O) groups excluding carboxylic acids is 1. The van der Waals surface area contributed by atoms with Crippen molar-refractivity contribution in [2.45, 2.75) is 4.90 Å². The van der Waals surface area contributed by atoms with E-state index < -0.39 is 20.9 Å². The first kappa shape index (κ1) is 17.3. The summed E-state index contributed by atoms with van der Waals surface area (Å²) < 4.78 is 22.3. The number of nitrogens with zero attached hydrogens (tertiary/aromatic N) is 1. The quantitative estimate of drug-likeness (QED) is 0.484. The molecule has 0 atom stereocenters. The van der Waals surface area contributed by atoms with E-state index >= 15 is 0 Å². The molecule has 2 aromatic rings. The molecule has 124 valence electrons. The number of primary sulfonamides is 1. The highest BCUT2D eigenvalue weighted by Gasteiger charge is 2.07. The van der Waals surface area contributed by atoms with E-state index in [1.165, 1.54) is 54.6 Å². The lowest BCUT2D eigenvalue weighted by Gasteiger charge is -2.03. The zero-order valence-corrected chi connectivity index (χ0v) is 13.1. The van der Waals surface area contributed by atoms with Crippen LogP contribution in [0.3, 0.4) is 0 Å². The van der Waals surface area contributed by atoms with E-state index in [2.05, 4.69) is 5.32 Å². The van der Waals surface area contributed by atoms with Crippen molar-refractivity contribution in [1.82, 2.24) is 0 Å². The fourth-order valence-electron chi connectivity index (χ4n) is 1.83. The Morgan fingerprint density at radius 1 is 1.17 bits per heavy atom. The highest BCUT2D eigenvalue weighted by atomic mass is 32.2. The van der Waals surface area contributed by atoms with Gasteiger partial charge in [-0.15, -0.1) is 0 Å². The van der Waals surface area contributed by atoms with Gasteiger partial charge >= 0.3 is 0 Å². The number of nitro benzene ring substituents is 1. The molecule has 9 heteroatoms. The number of nitrogens with two attached hydrogens (primary N) is 1. The minimum absolute atomic E-state index is 0.0624. The van der Waals surface area contributed by atoms with Crippen LogP contribution in [0.5, 0.6) is 0 Å². The Hall–Kier alpha value is -3.04. The van der Waals surface area contributed by atoms with E-state index in [0.717, 1.165) is 0 Å². The molecule has 0 saturated carbocycles. The summed E-state index contributed by atoms with van der Waals surface area (Å²) >= 11 is 0. The molecule has 0 heterocycles. The monoisotopic (exact) mass is 347 g/mol. The van der Waals surface area contributed by atoms with Crippen molar-refractivity contribution in [3.63, 3.8) is 0 Å². The first-order valence-electron chi connectivity index (χ1n) is 6.62. The summed E-state index contributed by atoms with van der Waals surface area (Å²) in [4.78, 5) is 21.9. The van der Waals surface area contributed by atoms with E-state index in [9.17, 15) is 23.3 Å². The predicted molar refractivity (Wildman–Crippen MR) is 88.6 cm³/mol. The van der Waals surface area contributed by atoms with E-state index in [4.69, 9.17) is 5.14 Å². The summed E-state index contributed by atoms with van der Waals surface area (Å²) in [5.41, 5.74) is 0.816. The molecule has 3 N–H and O–H groups in total. The number of carbonyl (C=O) groups is 1. The molecule has 0 saturated heterocycles. The van der Waals surface area contributed by atoms with Crippen LogP contribution in [0.15, 0.2) is 59.5 Å². The van der Waals surface area contributed by atoms with Crippen LogP contribution in [0.25, 0.3) is 6.08 Å². The van der Waals surface area contributed by atoms with Gasteiger partial charge in [-0.1, -0.05) is 12.1 Å². The molecule has 0 aliphatic carbocycles. The van der Waals surface area contributed by atoms with E-state index in [0.29, 0.717) is 11.3 Å². The van der Waals surface area contributed by atoms with Gasteiger partial charge in [0, 0.05) is 23.9 Å². The molecule has 0 fully saturated rings. The molecule has 2 aromatic carbocycles. The van der Waals surface area contributed by atoms with E-state index in [-0.39, 0.29) is 10.6 Å². The van der Waals surface area contributed by atoms with Gasteiger partial charge in [-0.05, 0) is 35.9 Å². The molecule has 0 unspecified atom stereocenters. The van der Waals surface area contributed by atoms with Gasteiger partial charge in [0.1, 0.15) is 0 Å². The molecule has 8 nitrogen and oxygen atoms in total. The first-order chi connectivity index (χ1) is 11.3. The Kier molecular flexibility index (Phi) is 5.07. The maximum absolute atomic E-state index is 11.8. The lowest BCUT2D eigenvalue weighted by atomic mass is 10.2. The summed E-state index contributed by atoms with van der Waals surface area (Å²) in [6, 6.07) is 11.2. The van der Waals surface area contributed by atoms with Gasteiger partial charge in [0.2, 0.25) is 15.9 Å². The number of nitro groups is 1. The second-order valence-corrected chi connectivity index (χ2v) is 6.31. The van der Waals surface area contributed by atoms with Crippen LogP contribution in [0.4, 0.5) is 11.4 Å². The summed E-state index contributed by atoms with van der Waals surface area (Å²) in [5.74, 6) is -0.468. The van der Waals surface area contributed by atoms with Crippen molar-refractivity contribution >= 4 is 33.4 Å². The molecule has 2 rings (SSSR count). The van der Waals surface area contributed by atoms with Crippen molar-refractivity contribution in [2.75, 3.05) is 5.32 Å². The summed E-state index contributed by atoms with van der Waals surface area (Å²) in [7, 11) is -3.79. The maximum Gasteiger partial charge on any atom is 0.270 e. The average molecular weight is 347 g/mol. The highest BCUT2D eigenvalue weighted by Crippen LogP contribution is 2.15. The van der Waals surface area contributed by atoms with Crippen molar-refractivity contribution < 1.29 is 18.1 Å². The lowest BCUT2D eigenvalue weighted by Crippen LogP contribution is -2.12. The molecule has 0 spiro atoms. The Bertz CT molecular complexity index is 905. The van der Waals surface area contributed by atoms with Crippen LogP contribution in [0, 0.1) is 10.1 Å². The molecule has 0 aromatic heterocycles. The van der Waals surface area contributed by atoms with Gasteiger partial charge < -0.3 is 5.32 Å². The minimum Gasteiger partial charge on any atom is -0.323 e.